The molecule has 0 unspecified atom stereocenters. The van der Waals surface area contributed by atoms with Gasteiger partial charge in [-0.25, -0.2) is 4.98 Å². The number of aromatic nitrogens is 1. The maximum atomic E-state index is 5.53. The summed E-state index contributed by atoms with van der Waals surface area (Å²) in [7, 11) is 0. The summed E-state index contributed by atoms with van der Waals surface area (Å²) in [6.07, 6.45) is 0.947. The third-order valence-electron chi connectivity index (χ3n) is 4.77. The van der Waals surface area contributed by atoms with E-state index >= 15 is 0 Å². The molecule has 1 aliphatic rings. The van der Waals surface area contributed by atoms with Gasteiger partial charge in [-0.05, 0) is 55.2 Å². The largest absolute Gasteiger partial charge is 0.378 e. The molecule has 0 spiro atoms. The van der Waals surface area contributed by atoms with Gasteiger partial charge in [-0.1, -0.05) is 30.3 Å². The second-order valence-corrected chi connectivity index (χ2v) is 8.00. The van der Waals surface area contributed by atoms with Gasteiger partial charge in [0, 0.05) is 18.8 Å². The van der Waals surface area contributed by atoms with Gasteiger partial charge in [0.25, 0.3) is 0 Å². The van der Waals surface area contributed by atoms with Crippen molar-refractivity contribution in [2.24, 2.45) is 0 Å². The lowest BCUT2D eigenvalue weighted by molar-refractivity contribution is 0.122. The van der Waals surface area contributed by atoms with Crippen molar-refractivity contribution in [2.75, 3.05) is 31.2 Å². The summed E-state index contributed by atoms with van der Waals surface area (Å²) >= 11 is 1.78. The number of nitrogens with zero attached hydrogens (tertiary/aromatic N) is 2. The molecule has 0 saturated carbocycles. The summed E-state index contributed by atoms with van der Waals surface area (Å²) in [6.45, 7) is 7.70. The molecule has 2 aromatic carbocycles. The first-order chi connectivity index (χ1) is 12.7. The average molecular weight is 365 g/mol. The molecule has 0 N–H and O–H groups in total. The Hall–Kier alpha value is -2.17. The molecule has 26 heavy (non-hydrogen) atoms. The van der Waals surface area contributed by atoms with Crippen LogP contribution in [0.4, 0.5) is 5.69 Å². The molecule has 3 aromatic rings. The van der Waals surface area contributed by atoms with Crippen molar-refractivity contribution < 1.29 is 4.74 Å². The summed E-state index contributed by atoms with van der Waals surface area (Å²) in [5, 5.41) is 1.12. The lowest BCUT2D eigenvalue weighted by Gasteiger charge is -2.29. The first-order valence-electron chi connectivity index (χ1n) is 9.14. The highest BCUT2D eigenvalue weighted by Gasteiger charge is 2.15. The van der Waals surface area contributed by atoms with E-state index in [9.17, 15) is 0 Å². The fraction of sp³-hybridized carbons (Fsp3) is 0.318. The van der Waals surface area contributed by atoms with Crippen LogP contribution in [0.3, 0.4) is 0 Å². The highest BCUT2D eigenvalue weighted by atomic mass is 32.1. The zero-order chi connectivity index (χ0) is 17.9. The van der Waals surface area contributed by atoms with Crippen molar-refractivity contribution in [2.45, 2.75) is 20.3 Å². The number of hydrogen-bond acceptors (Lipinski definition) is 4. The topological polar surface area (TPSA) is 25.4 Å². The number of ether oxygens (including phenoxy) is 1. The van der Waals surface area contributed by atoms with Crippen LogP contribution in [0.25, 0.3) is 10.4 Å². The first-order valence-corrected chi connectivity index (χ1v) is 9.96. The van der Waals surface area contributed by atoms with E-state index in [0.29, 0.717) is 0 Å². The minimum Gasteiger partial charge on any atom is -0.378 e. The Balaban J connectivity index is 1.75. The normalized spacial score (nSPS) is 14.6. The Labute approximate surface area is 159 Å². The zero-order valence-electron chi connectivity index (χ0n) is 15.4. The van der Waals surface area contributed by atoms with Crippen molar-refractivity contribution in [3.05, 3.63) is 70.4 Å². The summed E-state index contributed by atoms with van der Waals surface area (Å²) in [5.74, 6) is 0. The van der Waals surface area contributed by atoms with Gasteiger partial charge in [0.2, 0.25) is 0 Å². The summed E-state index contributed by atoms with van der Waals surface area (Å²) in [5.41, 5.74) is 6.39. The second-order valence-electron chi connectivity index (χ2n) is 6.80. The summed E-state index contributed by atoms with van der Waals surface area (Å²) in [4.78, 5) is 8.35. The molecule has 3 nitrogen and oxygen atoms in total. The minimum atomic E-state index is 0.803. The van der Waals surface area contributed by atoms with Crippen LogP contribution in [0.2, 0.25) is 0 Å². The molecule has 2 heterocycles. The van der Waals surface area contributed by atoms with Crippen LogP contribution in [0.5, 0.6) is 0 Å². The van der Waals surface area contributed by atoms with E-state index in [4.69, 9.17) is 4.74 Å². The quantitative estimate of drug-likeness (QED) is 0.661. The number of morpholine rings is 1. The summed E-state index contributed by atoms with van der Waals surface area (Å²) < 4.78 is 5.53. The van der Waals surface area contributed by atoms with Crippen molar-refractivity contribution in [1.29, 1.82) is 0 Å². The standard InChI is InChI=1S/C22H24N2OS/c1-16-22(26-17(2)23-16)20-13-19(12-18-6-4-3-5-7-18)14-21(15-20)24-8-10-25-11-9-24/h3-7,13-15H,8-12H2,1-2H3. The van der Waals surface area contributed by atoms with Crippen molar-refractivity contribution in [3.63, 3.8) is 0 Å². The highest BCUT2D eigenvalue weighted by molar-refractivity contribution is 7.15. The van der Waals surface area contributed by atoms with Gasteiger partial charge in [0.15, 0.2) is 0 Å². The number of aryl methyl sites for hydroxylation is 2. The van der Waals surface area contributed by atoms with E-state index in [1.54, 1.807) is 11.3 Å². The molecule has 0 radical (unpaired) electrons. The lowest BCUT2D eigenvalue weighted by atomic mass is 10.00. The van der Waals surface area contributed by atoms with Crippen molar-refractivity contribution in [3.8, 4) is 10.4 Å². The van der Waals surface area contributed by atoms with E-state index in [-0.39, 0.29) is 0 Å². The number of benzene rings is 2. The molecule has 1 fully saturated rings. The molecule has 0 atom stereocenters. The zero-order valence-corrected chi connectivity index (χ0v) is 16.2. The predicted octanol–water partition coefficient (Wildman–Crippen LogP) is 4.85. The molecule has 134 valence electrons. The number of hydrogen-bond donors (Lipinski definition) is 0. The van der Waals surface area contributed by atoms with Gasteiger partial charge in [0.1, 0.15) is 0 Å². The highest BCUT2D eigenvalue weighted by Crippen LogP contribution is 2.34. The van der Waals surface area contributed by atoms with Gasteiger partial charge >= 0.3 is 0 Å². The van der Waals surface area contributed by atoms with E-state index in [0.717, 1.165) is 43.4 Å². The third kappa shape index (κ3) is 3.81. The Kier molecular flexibility index (Phi) is 5.05. The van der Waals surface area contributed by atoms with Crippen molar-refractivity contribution >= 4 is 17.0 Å². The molecule has 1 saturated heterocycles. The Morgan fingerprint density at radius 3 is 2.46 bits per heavy atom. The predicted molar refractivity (Wildman–Crippen MR) is 109 cm³/mol. The molecule has 1 aromatic heterocycles. The van der Waals surface area contributed by atoms with Crippen LogP contribution in [0.15, 0.2) is 48.5 Å². The van der Waals surface area contributed by atoms with E-state index in [2.05, 4.69) is 72.3 Å². The van der Waals surface area contributed by atoms with Gasteiger partial charge < -0.3 is 9.64 Å². The number of rotatable bonds is 4. The molecule has 0 aliphatic carbocycles. The Morgan fingerprint density at radius 1 is 1.00 bits per heavy atom. The Bertz CT molecular complexity index is 882. The molecule has 4 heteroatoms. The number of thiazole rings is 1. The third-order valence-corrected chi connectivity index (χ3v) is 5.89. The molecule has 1 aliphatic heterocycles. The van der Waals surface area contributed by atoms with Crippen LogP contribution in [-0.4, -0.2) is 31.3 Å². The Morgan fingerprint density at radius 2 is 1.77 bits per heavy atom. The maximum absolute atomic E-state index is 5.53. The van der Waals surface area contributed by atoms with Gasteiger partial charge in [-0.15, -0.1) is 11.3 Å². The van der Waals surface area contributed by atoms with Crippen LogP contribution in [0.1, 0.15) is 21.8 Å². The maximum Gasteiger partial charge on any atom is 0.0903 e. The lowest BCUT2D eigenvalue weighted by Crippen LogP contribution is -2.36. The van der Waals surface area contributed by atoms with E-state index in [1.165, 1.54) is 27.3 Å². The first kappa shape index (κ1) is 17.3. The van der Waals surface area contributed by atoms with Crippen LogP contribution in [0, 0.1) is 13.8 Å². The second kappa shape index (κ2) is 7.60. The SMILES string of the molecule is Cc1nc(C)c(-c2cc(Cc3ccccc3)cc(N3CCOCC3)c2)s1. The monoisotopic (exact) mass is 364 g/mol. The minimum absolute atomic E-state index is 0.803. The fourth-order valence-corrected chi connectivity index (χ4v) is 4.45. The molecular weight excluding hydrogens is 340 g/mol. The van der Waals surface area contributed by atoms with Gasteiger partial charge in [-0.2, -0.15) is 0 Å². The fourth-order valence-electron chi connectivity index (χ4n) is 3.54. The smallest absolute Gasteiger partial charge is 0.0903 e. The van der Waals surface area contributed by atoms with Gasteiger partial charge in [-0.3, -0.25) is 0 Å². The number of anilines is 1. The van der Waals surface area contributed by atoms with Crippen molar-refractivity contribution in [1.82, 2.24) is 4.98 Å². The molecule has 0 bridgehead atoms. The molecular formula is C22H24N2OS. The van der Waals surface area contributed by atoms with Crippen LogP contribution >= 0.6 is 11.3 Å². The van der Waals surface area contributed by atoms with Gasteiger partial charge in [0.05, 0.1) is 28.8 Å². The van der Waals surface area contributed by atoms with E-state index < -0.39 is 0 Å². The average Bonchev–Trinajstić information content (AvgIpc) is 3.01. The molecule has 4 rings (SSSR count). The summed E-state index contributed by atoms with van der Waals surface area (Å²) in [6, 6.07) is 17.7. The molecule has 0 amide bonds. The van der Waals surface area contributed by atoms with Crippen LogP contribution in [-0.2, 0) is 11.2 Å². The van der Waals surface area contributed by atoms with Crippen LogP contribution < -0.4 is 4.90 Å². The van der Waals surface area contributed by atoms with E-state index in [1.807, 2.05) is 0 Å².